The number of hydrogen-bond acceptors (Lipinski definition) is 3. The maximum Gasteiger partial charge on any atom is 0.0528 e. The third-order valence-corrected chi connectivity index (χ3v) is 7.13. The number of hydrogen-bond donors (Lipinski definition) is 0. The van der Waals surface area contributed by atoms with E-state index in [1.54, 1.807) is 0 Å². The molecule has 0 nitrogen and oxygen atoms in total. The van der Waals surface area contributed by atoms with E-state index in [0.717, 1.165) is 0 Å². The molecule has 1 aromatic carbocycles. The van der Waals surface area contributed by atoms with Crippen molar-refractivity contribution >= 4 is 44.8 Å². The van der Waals surface area contributed by atoms with Crippen molar-refractivity contribution in [2.45, 2.75) is 13.8 Å². The number of thiophene rings is 3. The van der Waals surface area contributed by atoms with E-state index in [1.807, 2.05) is 34.0 Å². The van der Waals surface area contributed by atoms with Crippen LogP contribution in [-0.4, -0.2) is 0 Å². The average Bonchev–Trinajstić information content (AvgIpc) is 3.17. The maximum atomic E-state index is 2.25. The molecule has 0 N–H and O–H groups in total. The Balaban J connectivity index is 2.01. The fourth-order valence-corrected chi connectivity index (χ4v) is 5.83. The highest BCUT2D eigenvalue weighted by molar-refractivity contribution is 7.28. The Morgan fingerprint density at radius 3 is 1.43 bits per heavy atom. The van der Waals surface area contributed by atoms with Crippen LogP contribution >= 0.6 is 34.0 Å². The zero-order valence-corrected chi connectivity index (χ0v) is 14.3. The van der Waals surface area contributed by atoms with Gasteiger partial charge in [-0.15, -0.1) is 34.0 Å². The summed E-state index contributed by atoms with van der Waals surface area (Å²) in [6, 6.07) is 17.7. The SMILES string of the molecule is Cc1ccc(-c2sc(-c3ccc(C)s3)c3ccccc23)s1. The minimum absolute atomic E-state index is 1.37. The predicted octanol–water partition coefficient (Wildman–Crippen LogP) is 6.98. The Morgan fingerprint density at radius 1 is 0.571 bits per heavy atom. The van der Waals surface area contributed by atoms with Gasteiger partial charge in [-0.3, -0.25) is 0 Å². The Morgan fingerprint density at radius 2 is 1.05 bits per heavy atom. The summed E-state index contributed by atoms with van der Waals surface area (Å²) in [5.74, 6) is 0. The second-order valence-corrected chi connectivity index (χ2v) is 8.72. The number of rotatable bonds is 2. The lowest BCUT2D eigenvalue weighted by atomic mass is 10.1. The van der Waals surface area contributed by atoms with Crippen molar-refractivity contribution in [3.63, 3.8) is 0 Å². The van der Waals surface area contributed by atoms with Gasteiger partial charge in [-0.05, 0) is 38.1 Å². The normalized spacial score (nSPS) is 11.3. The number of aryl methyl sites for hydroxylation is 2. The van der Waals surface area contributed by atoms with Gasteiger partial charge in [0.25, 0.3) is 0 Å². The molecule has 4 rings (SSSR count). The Kier molecular flexibility index (Phi) is 3.21. The molecule has 0 aliphatic carbocycles. The van der Waals surface area contributed by atoms with Crippen LogP contribution in [0.25, 0.3) is 30.3 Å². The van der Waals surface area contributed by atoms with Crippen LogP contribution in [0.4, 0.5) is 0 Å². The lowest BCUT2D eigenvalue weighted by molar-refractivity contribution is 1.64. The third kappa shape index (κ3) is 2.26. The van der Waals surface area contributed by atoms with Crippen LogP contribution in [0.3, 0.4) is 0 Å². The van der Waals surface area contributed by atoms with Crippen LogP contribution < -0.4 is 0 Å². The third-order valence-electron chi connectivity index (χ3n) is 3.55. The largest absolute Gasteiger partial charge is 0.140 e. The Bertz CT molecular complexity index is 847. The van der Waals surface area contributed by atoms with Crippen LogP contribution in [0.2, 0.25) is 0 Å². The van der Waals surface area contributed by atoms with E-state index in [-0.39, 0.29) is 0 Å². The molecule has 0 radical (unpaired) electrons. The molecule has 0 amide bonds. The van der Waals surface area contributed by atoms with Crippen molar-refractivity contribution in [2.75, 3.05) is 0 Å². The highest BCUT2D eigenvalue weighted by Crippen LogP contribution is 2.47. The van der Waals surface area contributed by atoms with Crippen molar-refractivity contribution in [3.05, 3.63) is 58.3 Å². The summed E-state index contributed by atoms with van der Waals surface area (Å²) in [6.07, 6.45) is 0. The van der Waals surface area contributed by atoms with Gasteiger partial charge in [-0.25, -0.2) is 0 Å². The number of fused-ring (bicyclic) bond motifs is 1. The Labute approximate surface area is 136 Å². The summed E-state index contributed by atoms with van der Waals surface area (Å²) >= 11 is 5.69. The molecule has 0 aliphatic heterocycles. The van der Waals surface area contributed by atoms with Gasteiger partial charge in [-0.1, -0.05) is 24.3 Å². The molecule has 0 bridgehead atoms. The smallest absolute Gasteiger partial charge is 0.0528 e. The molecule has 3 heterocycles. The van der Waals surface area contributed by atoms with Gasteiger partial charge in [0, 0.05) is 30.3 Å². The fraction of sp³-hybridized carbons (Fsp3) is 0.111. The van der Waals surface area contributed by atoms with E-state index in [2.05, 4.69) is 62.4 Å². The summed E-state index contributed by atoms with van der Waals surface area (Å²) in [5.41, 5.74) is 0. The summed E-state index contributed by atoms with van der Waals surface area (Å²) < 4.78 is 0. The molecule has 0 saturated heterocycles. The maximum absolute atomic E-state index is 2.25. The predicted molar refractivity (Wildman–Crippen MR) is 97.9 cm³/mol. The minimum atomic E-state index is 1.37. The van der Waals surface area contributed by atoms with Crippen LogP contribution in [0.1, 0.15) is 9.75 Å². The topological polar surface area (TPSA) is 0 Å². The minimum Gasteiger partial charge on any atom is -0.140 e. The molecule has 104 valence electrons. The van der Waals surface area contributed by atoms with Crippen LogP contribution in [0.5, 0.6) is 0 Å². The van der Waals surface area contributed by atoms with Gasteiger partial charge < -0.3 is 0 Å². The Hall–Kier alpha value is -1.42. The van der Waals surface area contributed by atoms with E-state index < -0.39 is 0 Å². The van der Waals surface area contributed by atoms with Gasteiger partial charge in [0.15, 0.2) is 0 Å². The fourth-order valence-electron chi connectivity index (χ4n) is 2.57. The summed E-state index contributed by atoms with van der Waals surface area (Å²) in [5, 5.41) is 2.76. The highest BCUT2D eigenvalue weighted by atomic mass is 32.1. The standard InChI is InChI=1S/C18H14S3/c1-11-7-9-15(19-11)17-13-5-3-4-6-14(13)18(21-17)16-10-8-12(2)20-16/h3-10H,1-2H3. The van der Waals surface area contributed by atoms with Gasteiger partial charge in [0.2, 0.25) is 0 Å². The molecule has 0 saturated carbocycles. The number of benzene rings is 1. The second-order valence-electron chi connectivity index (χ2n) is 5.13. The summed E-state index contributed by atoms with van der Waals surface area (Å²) in [4.78, 5) is 8.32. The quantitative estimate of drug-likeness (QED) is 0.373. The van der Waals surface area contributed by atoms with Crippen LogP contribution in [0.15, 0.2) is 48.5 Å². The molecular formula is C18H14S3. The molecule has 0 spiro atoms. The van der Waals surface area contributed by atoms with E-state index in [4.69, 9.17) is 0 Å². The van der Waals surface area contributed by atoms with Crippen molar-refractivity contribution < 1.29 is 0 Å². The zero-order chi connectivity index (χ0) is 14.4. The molecule has 0 unspecified atom stereocenters. The second kappa shape index (κ2) is 5.09. The van der Waals surface area contributed by atoms with Crippen molar-refractivity contribution in [1.29, 1.82) is 0 Å². The lowest BCUT2D eigenvalue weighted by Gasteiger charge is -1.94. The summed E-state index contributed by atoms with van der Waals surface area (Å²) in [7, 11) is 0. The lowest BCUT2D eigenvalue weighted by Crippen LogP contribution is -1.68. The highest BCUT2D eigenvalue weighted by Gasteiger charge is 2.15. The van der Waals surface area contributed by atoms with E-state index in [9.17, 15) is 0 Å². The van der Waals surface area contributed by atoms with E-state index in [0.29, 0.717) is 0 Å². The molecule has 0 fully saturated rings. The summed E-state index contributed by atoms with van der Waals surface area (Å²) in [6.45, 7) is 4.35. The first-order valence-electron chi connectivity index (χ1n) is 6.87. The molecule has 0 aliphatic rings. The van der Waals surface area contributed by atoms with Crippen molar-refractivity contribution in [1.82, 2.24) is 0 Å². The molecule has 21 heavy (non-hydrogen) atoms. The van der Waals surface area contributed by atoms with Crippen molar-refractivity contribution in [2.24, 2.45) is 0 Å². The van der Waals surface area contributed by atoms with Gasteiger partial charge in [-0.2, -0.15) is 0 Å². The van der Waals surface area contributed by atoms with E-state index in [1.165, 1.54) is 40.0 Å². The molecule has 4 aromatic rings. The van der Waals surface area contributed by atoms with Crippen molar-refractivity contribution in [3.8, 4) is 19.5 Å². The molecular weight excluding hydrogens is 312 g/mol. The first kappa shape index (κ1) is 13.3. The average molecular weight is 327 g/mol. The monoisotopic (exact) mass is 326 g/mol. The zero-order valence-electron chi connectivity index (χ0n) is 11.8. The molecule has 3 heteroatoms. The molecule has 0 atom stereocenters. The van der Waals surface area contributed by atoms with Crippen LogP contribution in [0, 0.1) is 13.8 Å². The first-order chi connectivity index (χ1) is 10.2. The van der Waals surface area contributed by atoms with Gasteiger partial charge >= 0.3 is 0 Å². The first-order valence-corrected chi connectivity index (χ1v) is 9.32. The molecule has 3 aromatic heterocycles. The van der Waals surface area contributed by atoms with Gasteiger partial charge in [0.05, 0.1) is 9.75 Å². The van der Waals surface area contributed by atoms with E-state index >= 15 is 0 Å². The van der Waals surface area contributed by atoms with Crippen LogP contribution in [-0.2, 0) is 0 Å². The van der Waals surface area contributed by atoms with Gasteiger partial charge in [0.1, 0.15) is 0 Å².